The van der Waals surface area contributed by atoms with Gasteiger partial charge in [-0.1, -0.05) is 96.4 Å². The standard InChI is InChI=1S/C9H19N.2C8H17N.C7H15N.2C6H15N/c1-7(2)6-9-8(3)4-5-10-9;1-7(2)6-8-4-3-5-9-8;1-6(2)7-4-3-5-8(7)9;1-6(2)5-7-3-4-8-7;1-6(2)4-5-7-3;1-5(2)4-6(3)7/h7-10H,4-6H2,1-3H3;7-9H,3-6H2,1-2H3;6-8H,3-5,9H2,1-2H3;6-8H,3-5H2,1-2H3;6-7H,4-5H2,1-3H3;5-6H,4,7H2,1-3H3. The molecule has 0 aromatic carbocycles. The first-order valence-electron chi connectivity index (χ1n) is 21.7. The smallest absolute Gasteiger partial charge is 0.00956 e. The second-order valence-electron chi connectivity index (χ2n) is 18.8. The Hall–Kier alpha value is -0.240. The number of nitrogens with one attached hydrogen (secondary N) is 4. The van der Waals surface area contributed by atoms with Crippen molar-refractivity contribution in [3.8, 4) is 0 Å². The molecule has 304 valence electrons. The minimum absolute atomic E-state index is 0.375. The maximum Gasteiger partial charge on any atom is 0.00956 e. The zero-order valence-corrected chi connectivity index (χ0v) is 37.0. The van der Waals surface area contributed by atoms with E-state index >= 15 is 0 Å². The Balaban J connectivity index is 0. The van der Waals surface area contributed by atoms with E-state index in [1.165, 1.54) is 90.3 Å². The summed E-state index contributed by atoms with van der Waals surface area (Å²) in [6, 6.07) is 3.38. The molecular weight excluding hydrogens is 613 g/mol. The monoisotopic (exact) mass is 711 g/mol. The maximum absolute atomic E-state index is 5.88. The van der Waals surface area contributed by atoms with Gasteiger partial charge in [0.25, 0.3) is 0 Å². The predicted octanol–water partition coefficient (Wildman–Crippen LogP) is 9.61. The largest absolute Gasteiger partial charge is 0.328 e. The average molecular weight is 711 g/mol. The van der Waals surface area contributed by atoms with Crippen LogP contribution in [0.5, 0.6) is 0 Å². The molecule has 6 nitrogen and oxygen atoms in total. The van der Waals surface area contributed by atoms with Gasteiger partial charge in [-0.05, 0) is 158 Å². The van der Waals surface area contributed by atoms with Crippen LogP contribution in [0.1, 0.15) is 174 Å². The fraction of sp³-hybridized carbons (Fsp3) is 1.00. The summed E-state index contributed by atoms with van der Waals surface area (Å²) in [5.74, 6) is 6.67. The molecule has 1 saturated carbocycles. The van der Waals surface area contributed by atoms with E-state index in [2.05, 4.69) is 111 Å². The predicted molar refractivity (Wildman–Crippen MR) is 228 cm³/mol. The fourth-order valence-corrected chi connectivity index (χ4v) is 7.39. The molecule has 0 aromatic heterocycles. The van der Waals surface area contributed by atoms with Crippen molar-refractivity contribution in [3.63, 3.8) is 0 Å². The Morgan fingerprint density at radius 1 is 0.600 bits per heavy atom. The second kappa shape index (κ2) is 32.2. The first kappa shape index (κ1) is 51.9. The molecule has 7 unspecified atom stereocenters. The van der Waals surface area contributed by atoms with Crippen LogP contribution in [0.25, 0.3) is 0 Å². The second-order valence-corrected chi connectivity index (χ2v) is 18.8. The van der Waals surface area contributed by atoms with E-state index in [9.17, 15) is 0 Å². The number of nitrogens with two attached hydrogens (primary N) is 2. The molecule has 4 aliphatic rings. The van der Waals surface area contributed by atoms with Crippen molar-refractivity contribution < 1.29 is 0 Å². The molecule has 3 aliphatic heterocycles. The van der Waals surface area contributed by atoms with Gasteiger partial charge in [0, 0.05) is 30.2 Å². The van der Waals surface area contributed by atoms with Crippen molar-refractivity contribution in [1.82, 2.24) is 21.3 Å². The minimum atomic E-state index is 0.375. The zero-order valence-electron chi connectivity index (χ0n) is 37.0. The first-order valence-corrected chi connectivity index (χ1v) is 21.7. The van der Waals surface area contributed by atoms with E-state index in [4.69, 9.17) is 11.5 Å². The van der Waals surface area contributed by atoms with E-state index in [0.717, 1.165) is 78.4 Å². The van der Waals surface area contributed by atoms with E-state index in [1.54, 1.807) is 0 Å². The van der Waals surface area contributed by atoms with Crippen LogP contribution >= 0.6 is 0 Å². The van der Waals surface area contributed by atoms with Crippen LogP contribution in [0.4, 0.5) is 0 Å². The molecule has 6 heteroatoms. The zero-order chi connectivity index (χ0) is 38.6. The molecule has 0 bridgehead atoms. The van der Waals surface area contributed by atoms with Crippen molar-refractivity contribution in [2.75, 3.05) is 33.2 Å². The highest BCUT2D eigenvalue weighted by molar-refractivity contribution is 4.82. The van der Waals surface area contributed by atoms with Crippen molar-refractivity contribution >= 4 is 0 Å². The lowest BCUT2D eigenvalue weighted by Crippen LogP contribution is -2.43. The van der Waals surface area contributed by atoms with Gasteiger partial charge < -0.3 is 32.7 Å². The summed E-state index contributed by atoms with van der Waals surface area (Å²) >= 11 is 0. The fourth-order valence-electron chi connectivity index (χ4n) is 7.39. The third-order valence-corrected chi connectivity index (χ3v) is 10.3. The molecular formula is C44H98N6. The lowest BCUT2D eigenvalue weighted by Gasteiger charge is -2.28. The summed E-state index contributed by atoms with van der Waals surface area (Å²) < 4.78 is 0. The van der Waals surface area contributed by atoms with Gasteiger partial charge in [-0.15, -0.1) is 0 Å². The lowest BCUT2D eigenvalue weighted by molar-refractivity contribution is 0.316. The van der Waals surface area contributed by atoms with Crippen molar-refractivity contribution in [3.05, 3.63) is 0 Å². The topological polar surface area (TPSA) is 100 Å². The third-order valence-electron chi connectivity index (χ3n) is 10.3. The molecule has 3 heterocycles. The molecule has 3 saturated heterocycles. The quantitative estimate of drug-likeness (QED) is 0.121. The highest BCUT2D eigenvalue weighted by Crippen LogP contribution is 2.29. The molecule has 1 aliphatic carbocycles. The van der Waals surface area contributed by atoms with Gasteiger partial charge in [0.15, 0.2) is 0 Å². The molecule has 4 fully saturated rings. The highest BCUT2D eigenvalue weighted by Gasteiger charge is 2.26. The molecule has 8 N–H and O–H groups in total. The Morgan fingerprint density at radius 3 is 1.38 bits per heavy atom. The van der Waals surface area contributed by atoms with Gasteiger partial charge in [-0.25, -0.2) is 0 Å². The van der Waals surface area contributed by atoms with Gasteiger partial charge in [-0.2, -0.15) is 0 Å². The summed E-state index contributed by atoms with van der Waals surface area (Å²) in [7, 11) is 1.99. The van der Waals surface area contributed by atoms with Crippen LogP contribution in [-0.4, -0.2) is 63.4 Å². The minimum Gasteiger partial charge on any atom is -0.328 e. The average Bonchev–Trinajstić information content (AvgIpc) is 3.74. The molecule has 50 heavy (non-hydrogen) atoms. The Kier molecular flexibility index (Phi) is 33.4. The Morgan fingerprint density at radius 2 is 1.14 bits per heavy atom. The normalized spacial score (nSPS) is 26.2. The number of hydrogen-bond donors (Lipinski definition) is 6. The van der Waals surface area contributed by atoms with Crippen LogP contribution in [0, 0.1) is 47.3 Å². The van der Waals surface area contributed by atoms with Crippen molar-refractivity contribution in [2.24, 2.45) is 58.8 Å². The lowest BCUT2D eigenvalue weighted by atomic mass is 9.92. The van der Waals surface area contributed by atoms with Gasteiger partial charge in [0.2, 0.25) is 0 Å². The summed E-state index contributed by atoms with van der Waals surface area (Å²) in [6.45, 7) is 36.4. The highest BCUT2D eigenvalue weighted by atomic mass is 15.0. The first-order chi connectivity index (χ1) is 23.4. The number of rotatable bonds is 12. The summed E-state index contributed by atoms with van der Waals surface area (Å²) in [5.41, 5.74) is 11.4. The van der Waals surface area contributed by atoms with Crippen LogP contribution in [0.3, 0.4) is 0 Å². The number of hydrogen-bond acceptors (Lipinski definition) is 6. The van der Waals surface area contributed by atoms with Crippen LogP contribution in [-0.2, 0) is 0 Å². The Bertz CT molecular complexity index is 691. The molecule has 4 rings (SSSR count). The van der Waals surface area contributed by atoms with E-state index < -0.39 is 0 Å². The molecule has 0 amide bonds. The molecule has 0 spiro atoms. The van der Waals surface area contributed by atoms with Gasteiger partial charge >= 0.3 is 0 Å². The van der Waals surface area contributed by atoms with E-state index in [1.807, 2.05) is 14.0 Å². The van der Waals surface area contributed by atoms with Crippen LogP contribution in [0.2, 0.25) is 0 Å². The molecule has 0 aromatic rings. The van der Waals surface area contributed by atoms with Gasteiger partial charge in [0.1, 0.15) is 0 Å². The Labute approximate surface area is 316 Å². The van der Waals surface area contributed by atoms with Crippen molar-refractivity contribution in [2.45, 2.75) is 204 Å². The SMILES string of the molecule is CC(C)C1CCCC1N.CC(C)CC(C)N.CC(C)CC1CCCN1.CC(C)CC1CCN1.CC(C)CC1NCCC1C.CNCCC(C)C. The van der Waals surface area contributed by atoms with E-state index in [-0.39, 0.29) is 0 Å². The summed E-state index contributed by atoms with van der Waals surface area (Å²) in [6.07, 6.45) is 16.0. The van der Waals surface area contributed by atoms with Gasteiger partial charge in [0.05, 0.1) is 0 Å². The van der Waals surface area contributed by atoms with Crippen molar-refractivity contribution in [1.29, 1.82) is 0 Å². The van der Waals surface area contributed by atoms with Crippen LogP contribution in [0.15, 0.2) is 0 Å². The molecule has 0 radical (unpaired) electrons. The van der Waals surface area contributed by atoms with E-state index in [0.29, 0.717) is 12.1 Å². The van der Waals surface area contributed by atoms with Crippen LogP contribution < -0.4 is 32.7 Å². The maximum atomic E-state index is 5.88. The summed E-state index contributed by atoms with van der Waals surface area (Å²) in [5, 5.41) is 13.5. The summed E-state index contributed by atoms with van der Waals surface area (Å²) in [4.78, 5) is 0. The molecule has 7 atom stereocenters. The van der Waals surface area contributed by atoms with Gasteiger partial charge in [-0.3, -0.25) is 0 Å². The third kappa shape index (κ3) is 32.4.